The number of primary amides is 1. The molecule has 0 aliphatic heterocycles. The SMILES string of the molecule is NNC(=O)C(Cc1ccc(Cl)cc1)OC(N)=O. The summed E-state index contributed by atoms with van der Waals surface area (Å²) in [7, 11) is 0. The maximum Gasteiger partial charge on any atom is 0.405 e. The lowest BCUT2D eigenvalue weighted by molar-refractivity contribution is -0.129. The molecule has 1 aromatic rings. The summed E-state index contributed by atoms with van der Waals surface area (Å²) in [5, 5.41) is 0.574. The van der Waals surface area contributed by atoms with Crippen LogP contribution in [-0.2, 0) is 16.0 Å². The lowest BCUT2D eigenvalue weighted by Gasteiger charge is -2.14. The first-order valence-corrected chi connectivity index (χ1v) is 5.11. The molecule has 1 aromatic carbocycles. The van der Waals surface area contributed by atoms with Gasteiger partial charge in [0.25, 0.3) is 5.91 Å². The van der Waals surface area contributed by atoms with Gasteiger partial charge in [-0.05, 0) is 17.7 Å². The molecule has 0 heterocycles. The van der Waals surface area contributed by atoms with E-state index < -0.39 is 18.1 Å². The Hall–Kier alpha value is -1.79. The average molecular weight is 258 g/mol. The number of nitrogens with one attached hydrogen (secondary N) is 1. The van der Waals surface area contributed by atoms with Crippen LogP contribution < -0.4 is 17.0 Å². The summed E-state index contributed by atoms with van der Waals surface area (Å²) >= 11 is 5.72. The highest BCUT2D eigenvalue weighted by atomic mass is 35.5. The minimum absolute atomic E-state index is 0.170. The van der Waals surface area contributed by atoms with Crippen molar-refractivity contribution in [2.45, 2.75) is 12.5 Å². The minimum Gasteiger partial charge on any atom is -0.436 e. The highest BCUT2D eigenvalue weighted by molar-refractivity contribution is 6.30. The molecule has 0 radical (unpaired) electrons. The van der Waals surface area contributed by atoms with Gasteiger partial charge in [0.05, 0.1) is 0 Å². The number of rotatable bonds is 4. The zero-order valence-electron chi connectivity index (χ0n) is 8.85. The number of hydrogen-bond acceptors (Lipinski definition) is 4. The highest BCUT2D eigenvalue weighted by Crippen LogP contribution is 2.12. The van der Waals surface area contributed by atoms with Crippen LogP contribution in [0.15, 0.2) is 24.3 Å². The van der Waals surface area contributed by atoms with E-state index in [0.29, 0.717) is 5.02 Å². The number of amides is 2. The first-order valence-electron chi connectivity index (χ1n) is 4.74. The zero-order chi connectivity index (χ0) is 12.8. The summed E-state index contributed by atoms with van der Waals surface area (Å²) in [4.78, 5) is 22.0. The predicted octanol–water partition coefficient (Wildman–Crippen LogP) is 0.336. The van der Waals surface area contributed by atoms with E-state index in [9.17, 15) is 9.59 Å². The molecule has 0 aliphatic rings. The van der Waals surface area contributed by atoms with Gasteiger partial charge in [-0.15, -0.1) is 0 Å². The molecule has 6 nitrogen and oxygen atoms in total. The molecule has 1 rings (SSSR count). The Bertz CT molecular complexity index is 408. The summed E-state index contributed by atoms with van der Waals surface area (Å²) < 4.78 is 4.65. The van der Waals surface area contributed by atoms with E-state index in [1.807, 2.05) is 5.43 Å². The van der Waals surface area contributed by atoms with E-state index in [0.717, 1.165) is 5.56 Å². The van der Waals surface area contributed by atoms with E-state index in [4.69, 9.17) is 23.2 Å². The molecule has 92 valence electrons. The normalized spacial score (nSPS) is 11.6. The van der Waals surface area contributed by atoms with Gasteiger partial charge in [0, 0.05) is 11.4 Å². The molecule has 2 amide bonds. The molecule has 0 saturated heterocycles. The summed E-state index contributed by atoms with van der Waals surface area (Å²) in [5.41, 5.74) is 7.53. The fourth-order valence-corrected chi connectivity index (χ4v) is 1.38. The predicted molar refractivity (Wildman–Crippen MR) is 61.9 cm³/mol. The zero-order valence-corrected chi connectivity index (χ0v) is 9.61. The molecule has 0 spiro atoms. The number of benzene rings is 1. The third-order valence-electron chi connectivity index (χ3n) is 2.03. The van der Waals surface area contributed by atoms with Gasteiger partial charge in [0.15, 0.2) is 6.10 Å². The smallest absolute Gasteiger partial charge is 0.405 e. The number of nitrogens with two attached hydrogens (primary N) is 2. The lowest BCUT2D eigenvalue weighted by Crippen LogP contribution is -2.43. The number of carbonyl (C=O) groups is 2. The third-order valence-corrected chi connectivity index (χ3v) is 2.28. The van der Waals surface area contributed by atoms with E-state index in [1.165, 1.54) is 0 Å². The fraction of sp³-hybridized carbons (Fsp3) is 0.200. The lowest BCUT2D eigenvalue weighted by atomic mass is 10.1. The molecule has 1 unspecified atom stereocenters. The molecule has 17 heavy (non-hydrogen) atoms. The molecule has 0 aliphatic carbocycles. The summed E-state index contributed by atoms with van der Waals surface area (Å²) in [6, 6.07) is 6.75. The first kappa shape index (κ1) is 13.3. The number of carbonyl (C=O) groups excluding carboxylic acids is 2. The van der Waals surface area contributed by atoms with Crippen LogP contribution in [-0.4, -0.2) is 18.1 Å². The van der Waals surface area contributed by atoms with Crippen LogP contribution in [0.4, 0.5) is 4.79 Å². The Kier molecular flexibility index (Phi) is 4.74. The molecule has 1 atom stereocenters. The van der Waals surface area contributed by atoms with Gasteiger partial charge in [0.2, 0.25) is 0 Å². The number of halogens is 1. The minimum atomic E-state index is -1.06. The van der Waals surface area contributed by atoms with Crippen molar-refractivity contribution in [1.29, 1.82) is 0 Å². The van der Waals surface area contributed by atoms with Crippen molar-refractivity contribution in [2.24, 2.45) is 11.6 Å². The fourth-order valence-electron chi connectivity index (χ4n) is 1.26. The third kappa shape index (κ3) is 4.29. The number of hydrogen-bond donors (Lipinski definition) is 3. The number of hydrazine groups is 1. The molecular weight excluding hydrogens is 246 g/mol. The monoisotopic (exact) mass is 257 g/mol. The van der Waals surface area contributed by atoms with E-state index in [1.54, 1.807) is 24.3 Å². The van der Waals surface area contributed by atoms with Crippen LogP contribution in [0.5, 0.6) is 0 Å². The Balaban J connectivity index is 2.75. The van der Waals surface area contributed by atoms with Crippen molar-refractivity contribution in [2.75, 3.05) is 0 Å². The van der Waals surface area contributed by atoms with Gasteiger partial charge in [-0.2, -0.15) is 0 Å². The van der Waals surface area contributed by atoms with Crippen LogP contribution >= 0.6 is 11.6 Å². The topological polar surface area (TPSA) is 107 Å². The Morgan fingerprint density at radius 1 is 1.35 bits per heavy atom. The largest absolute Gasteiger partial charge is 0.436 e. The highest BCUT2D eigenvalue weighted by Gasteiger charge is 2.21. The van der Waals surface area contributed by atoms with Gasteiger partial charge in [-0.25, -0.2) is 10.6 Å². The first-order chi connectivity index (χ1) is 8.02. The molecule has 0 saturated carbocycles. The Morgan fingerprint density at radius 3 is 2.41 bits per heavy atom. The van der Waals surface area contributed by atoms with Crippen LogP contribution in [0.1, 0.15) is 5.56 Å². The second kappa shape index (κ2) is 6.07. The summed E-state index contributed by atoms with van der Waals surface area (Å²) in [5.74, 6) is 4.35. The Labute approximate surface area is 103 Å². The van der Waals surface area contributed by atoms with Crippen LogP contribution in [0.2, 0.25) is 5.02 Å². The van der Waals surface area contributed by atoms with Crippen molar-refractivity contribution in [1.82, 2.24) is 5.43 Å². The molecule has 0 aromatic heterocycles. The van der Waals surface area contributed by atoms with Gasteiger partial charge < -0.3 is 10.5 Å². The van der Waals surface area contributed by atoms with Gasteiger partial charge >= 0.3 is 6.09 Å². The molecule has 5 N–H and O–H groups in total. The summed E-state index contributed by atoms with van der Waals surface area (Å²) in [6.45, 7) is 0. The molecule has 0 bridgehead atoms. The van der Waals surface area contributed by atoms with Crippen molar-refractivity contribution >= 4 is 23.6 Å². The quantitative estimate of drug-likeness (QED) is 0.410. The average Bonchev–Trinajstić information content (AvgIpc) is 2.29. The van der Waals surface area contributed by atoms with E-state index >= 15 is 0 Å². The summed E-state index contributed by atoms with van der Waals surface area (Å²) in [6.07, 6.45) is -1.92. The van der Waals surface area contributed by atoms with E-state index in [2.05, 4.69) is 4.74 Å². The van der Waals surface area contributed by atoms with Crippen molar-refractivity contribution in [3.05, 3.63) is 34.9 Å². The second-order valence-corrected chi connectivity index (χ2v) is 3.70. The second-order valence-electron chi connectivity index (χ2n) is 3.26. The van der Waals surface area contributed by atoms with Crippen LogP contribution in [0.3, 0.4) is 0 Å². The number of ether oxygens (including phenoxy) is 1. The molecule has 7 heteroatoms. The Morgan fingerprint density at radius 2 is 1.94 bits per heavy atom. The van der Waals surface area contributed by atoms with Crippen molar-refractivity contribution < 1.29 is 14.3 Å². The van der Waals surface area contributed by atoms with Crippen molar-refractivity contribution in [3.63, 3.8) is 0 Å². The maximum absolute atomic E-state index is 11.3. The van der Waals surface area contributed by atoms with Crippen molar-refractivity contribution in [3.8, 4) is 0 Å². The maximum atomic E-state index is 11.3. The standard InChI is InChI=1S/C10H12ClN3O3/c11-7-3-1-6(2-4-7)5-8(9(15)14-13)17-10(12)16/h1-4,8H,5,13H2,(H2,12,16)(H,14,15). The van der Waals surface area contributed by atoms with E-state index in [-0.39, 0.29) is 6.42 Å². The van der Waals surface area contributed by atoms with Gasteiger partial charge in [-0.1, -0.05) is 23.7 Å². The van der Waals surface area contributed by atoms with Crippen LogP contribution in [0.25, 0.3) is 0 Å². The molecule has 0 fully saturated rings. The van der Waals surface area contributed by atoms with Crippen LogP contribution in [0, 0.1) is 0 Å². The van der Waals surface area contributed by atoms with Gasteiger partial charge in [0.1, 0.15) is 0 Å². The van der Waals surface area contributed by atoms with Gasteiger partial charge in [-0.3, -0.25) is 10.2 Å². The molecular formula is C10H12ClN3O3.